The van der Waals surface area contributed by atoms with Crippen molar-refractivity contribution in [3.8, 4) is 22.6 Å². The maximum atomic E-state index is 13.2. The van der Waals surface area contributed by atoms with Crippen LogP contribution < -0.4 is 10.2 Å². The first kappa shape index (κ1) is 27.5. The second-order valence-corrected chi connectivity index (χ2v) is 9.36. The third-order valence-corrected chi connectivity index (χ3v) is 6.81. The van der Waals surface area contributed by atoms with Gasteiger partial charge < -0.3 is 15.5 Å². The van der Waals surface area contributed by atoms with Crippen LogP contribution in [0.2, 0.25) is 0 Å². The molecule has 4 aromatic carbocycles. The van der Waals surface area contributed by atoms with Gasteiger partial charge >= 0.3 is 6.03 Å². The number of Topliss-reactive ketones (excluding diaryl/α,β-unsaturated/α-hetero) is 1. The molecule has 2 amide bonds. The smallest absolute Gasteiger partial charge is 0.322 e. The van der Waals surface area contributed by atoms with Gasteiger partial charge in [0.15, 0.2) is 5.78 Å². The molecular weight excluding hydrogens is 488 g/mol. The van der Waals surface area contributed by atoms with Crippen molar-refractivity contribution in [2.75, 3.05) is 4.90 Å². The first-order valence-corrected chi connectivity index (χ1v) is 13.3. The minimum Gasteiger partial charge on any atom is -0.508 e. The summed E-state index contributed by atoms with van der Waals surface area (Å²) in [6.45, 7) is 5.98. The number of phenols is 2. The monoisotopic (exact) mass is 522 g/mol. The zero-order chi connectivity index (χ0) is 27.9. The predicted molar refractivity (Wildman–Crippen MR) is 155 cm³/mol. The Hall–Kier alpha value is -4.58. The number of ketones is 1. The largest absolute Gasteiger partial charge is 0.508 e. The molecule has 0 radical (unpaired) electrons. The van der Waals surface area contributed by atoms with Crippen LogP contribution in [0.1, 0.15) is 54.2 Å². The van der Waals surface area contributed by atoms with Crippen molar-refractivity contribution in [1.29, 1.82) is 0 Å². The first-order chi connectivity index (χ1) is 18.9. The van der Waals surface area contributed by atoms with Crippen LogP contribution in [-0.4, -0.2) is 28.1 Å². The molecule has 5 rings (SSSR count). The normalized spacial score (nSPS) is 16.3. The molecule has 6 nitrogen and oxygen atoms in total. The third kappa shape index (κ3) is 6.12. The van der Waals surface area contributed by atoms with Gasteiger partial charge in [0, 0.05) is 23.2 Å². The van der Waals surface area contributed by atoms with E-state index in [9.17, 15) is 19.8 Å². The Morgan fingerprint density at radius 3 is 2.21 bits per heavy atom. The van der Waals surface area contributed by atoms with Crippen LogP contribution in [-0.2, 0) is 0 Å². The van der Waals surface area contributed by atoms with E-state index in [0.717, 1.165) is 16.7 Å². The number of para-hydroxylation sites is 1. The summed E-state index contributed by atoms with van der Waals surface area (Å²) in [5.41, 5.74) is 4.52. The molecule has 0 aromatic heterocycles. The average molecular weight is 523 g/mol. The number of nitrogens with zero attached hydrogens (tertiary/aromatic N) is 1. The van der Waals surface area contributed by atoms with Crippen LogP contribution in [0.3, 0.4) is 0 Å². The number of rotatable bonds is 7. The number of carbonyl (C=O) groups is 2. The lowest BCUT2D eigenvalue weighted by atomic mass is 9.91. The fourth-order valence-corrected chi connectivity index (χ4v) is 4.89. The number of amides is 2. The average Bonchev–Trinajstić information content (AvgIpc) is 3.29. The summed E-state index contributed by atoms with van der Waals surface area (Å²) >= 11 is 0. The van der Waals surface area contributed by atoms with Crippen LogP contribution in [0.5, 0.6) is 11.5 Å². The number of aromatic hydroxyl groups is 2. The zero-order valence-electron chi connectivity index (χ0n) is 22.5. The van der Waals surface area contributed by atoms with Crippen LogP contribution >= 0.6 is 0 Å². The van der Waals surface area contributed by atoms with E-state index in [1.807, 2.05) is 93.6 Å². The van der Waals surface area contributed by atoms with Crippen molar-refractivity contribution in [3.05, 3.63) is 114 Å². The number of urea groups is 1. The lowest BCUT2D eigenvalue weighted by Gasteiger charge is -2.28. The quantitative estimate of drug-likeness (QED) is 0.221. The minimum absolute atomic E-state index is 0.00890. The molecule has 4 aromatic rings. The van der Waals surface area contributed by atoms with Crippen molar-refractivity contribution in [2.24, 2.45) is 0 Å². The van der Waals surface area contributed by atoms with Gasteiger partial charge in [-0.05, 0) is 54.8 Å². The van der Waals surface area contributed by atoms with Crippen molar-refractivity contribution in [3.63, 3.8) is 0 Å². The number of anilines is 1. The lowest BCUT2D eigenvalue weighted by molar-refractivity contribution is 0.0976. The van der Waals surface area contributed by atoms with E-state index < -0.39 is 6.04 Å². The highest BCUT2D eigenvalue weighted by Crippen LogP contribution is 2.41. The number of aryl methyl sites for hydroxylation is 1. The molecule has 0 aliphatic carbocycles. The van der Waals surface area contributed by atoms with E-state index in [4.69, 9.17) is 0 Å². The highest BCUT2D eigenvalue weighted by atomic mass is 16.3. The van der Waals surface area contributed by atoms with E-state index >= 15 is 0 Å². The third-order valence-electron chi connectivity index (χ3n) is 6.81. The Labute approximate surface area is 229 Å². The number of phenolic OH excluding ortho intramolecular Hbond substituents is 2. The summed E-state index contributed by atoms with van der Waals surface area (Å²) in [4.78, 5) is 27.7. The SMILES string of the molecule is CC.Cc1ccc(C(=O)CCC2NC(=O)N(c3ccccc3)C2c2ccc(-c3cccc(O)c3)cc2O)cc1. The van der Waals surface area contributed by atoms with E-state index in [1.165, 1.54) is 0 Å². The van der Waals surface area contributed by atoms with Crippen molar-refractivity contribution in [2.45, 2.75) is 45.7 Å². The fraction of sp³-hybridized carbons (Fsp3) is 0.212. The Balaban J connectivity index is 0.00000172. The van der Waals surface area contributed by atoms with Crippen molar-refractivity contribution < 1.29 is 19.8 Å². The molecule has 1 saturated heterocycles. The Morgan fingerprint density at radius 1 is 0.846 bits per heavy atom. The molecule has 1 aliphatic rings. The summed E-state index contributed by atoms with van der Waals surface area (Å²) in [7, 11) is 0. The van der Waals surface area contributed by atoms with Gasteiger partial charge in [0.1, 0.15) is 11.5 Å². The van der Waals surface area contributed by atoms with E-state index in [0.29, 0.717) is 23.2 Å². The Kier molecular flexibility index (Phi) is 8.67. The summed E-state index contributed by atoms with van der Waals surface area (Å²) in [5, 5.41) is 24.0. The van der Waals surface area contributed by atoms with E-state index in [2.05, 4.69) is 5.32 Å². The molecule has 200 valence electrons. The minimum atomic E-state index is -0.515. The summed E-state index contributed by atoms with van der Waals surface area (Å²) in [5.74, 6) is 0.188. The second kappa shape index (κ2) is 12.3. The van der Waals surface area contributed by atoms with Crippen LogP contribution in [0.15, 0.2) is 97.1 Å². The number of hydrogen-bond acceptors (Lipinski definition) is 4. The maximum absolute atomic E-state index is 13.2. The van der Waals surface area contributed by atoms with Crippen LogP contribution in [0, 0.1) is 6.92 Å². The zero-order valence-corrected chi connectivity index (χ0v) is 22.5. The van der Waals surface area contributed by atoms with E-state index in [1.54, 1.807) is 29.2 Å². The standard InChI is InChI=1S/C31H28N2O4.C2H6/c1-20-10-12-21(13-11-20)28(35)17-16-27-30(33(31(37)32-27)24-7-3-2-4-8-24)26-15-14-23(19-29(26)36)22-6-5-9-25(34)18-22;1-2/h2-15,18-19,27,30,34,36H,16-17H2,1H3,(H,32,37);1-2H3. The van der Waals surface area contributed by atoms with Gasteiger partial charge in [-0.1, -0.05) is 86.1 Å². The molecule has 2 unspecified atom stereocenters. The highest BCUT2D eigenvalue weighted by Gasteiger charge is 2.42. The molecule has 1 aliphatic heterocycles. The second-order valence-electron chi connectivity index (χ2n) is 9.36. The van der Waals surface area contributed by atoms with Crippen molar-refractivity contribution in [1.82, 2.24) is 5.32 Å². The maximum Gasteiger partial charge on any atom is 0.322 e. The molecular formula is C33H34N2O4. The number of nitrogens with one attached hydrogen (secondary N) is 1. The summed E-state index contributed by atoms with van der Waals surface area (Å²) in [6, 6.07) is 27.7. The van der Waals surface area contributed by atoms with E-state index in [-0.39, 0.29) is 35.8 Å². The first-order valence-electron chi connectivity index (χ1n) is 13.3. The van der Waals surface area contributed by atoms with Crippen LogP contribution in [0.25, 0.3) is 11.1 Å². The predicted octanol–water partition coefficient (Wildman–Crippen LogP) is 7.40. The Morgan fingerprint density at radius 2 is 1.54 bits per heavy atom. The van der Waals surface area contributed by atoms with Gasteiger partial charge in [0.25, 0.3) is 0 Å². The lowest BCUT2D eigenvalue weighted by Crippen LogP contribution is -2.29. The molecule has 39 heavy (non-hydrogen) atoms. The molecule has 0 bridgehead atoms. The molecule has 0 saturated carbocycles. The van der Waals surface area contributed by atoms with Crippen LogP contribution in [0.4, 0.5) is 10.5 Å². The van der Waals surface area contributed by atoms with Gasteiger partial charge in [-0.15, -0.1) is 0 Å². The Bertz CT molecular complexity index is 1430. The number of hydrogen-bond donors (Lipinski definition) is 3. The molecule has 0 spiro atoms. The summed E-state index contributed by atoms with van der Waals surface area (Å²) < 4.78 is 0. The van der Waals surface area contributed by atoms with Gasteiger partial charge in [-0.2, -0.15) is 0 Å². The summed E-state index contributed by atoms with van der Waals surface area (Å²) in [6.07, 6.45) is 0.676. The molecule has 2 atom stereocenters. The molecule has 6 heteroatoms. The number of carbonyl (C=O) groups excluding carboxylic acids is 2. The highest BCUT2D eigenvalue weighted by molar-refractivity contribution is 5.97. The van der Waals surface area contributed by atoms with Gasteiger partial charge in [-0.3, -0.25) is 9.69 Å². The molecule has 1 fully saturated rings. The van der Waals surface area contributed by atoms with Gasteiger partial charge in [-0.25, -0.2) is 4.79 Å². The van der Waals surface area contributed by atoms with Crippen molar-refractivity contribution >= 4 is 17.5 Å². The number of benzene rings is 4. The molecule has 3 N–H and O–H groups in total. The fourth-order valence-electron chi connectivity index (χ4n) is 4.89. The molecule has 1 heterocycles. The van der Waals surface area contributed by atoms with Gasteiger partial charge in [0.05, 0.1) is 12.1 Å². The topological polar surface area (TPSA) is 89.9 Å². The van der Waals surface area contributed by atoms with Gasteiger partial charge in [0.2, 0.25) is 0 Å².